The normalized spacial score (nSPS) is 11.7. The zero-order valence-corrected chi connectivity index (χ0v) is 18.4. The maximum Gasteiger partial charge on any atom is 0.274 e. The van der Waals surface area contributed by atoms with Crippen LogP contribution in [0.4, 0.5) is 5.69 Å². The number of pyridine rings is 1. The summed E-state index contributed by atoms with van der Waals surface area (Å²) in [6.07, 6.45) is 4.26. The predicted molar refractivity (Wildman–Crippen MR) is 119 cm³/mol. The second-order valence-electron chi connectivity index (χ2n) is 8.25. The number of anilines is 1. The van der Waals surface area contributed by atoms with Gasteiger partial charge in [-0.2, -0.15) is 4.98 Å². The number of methoxy groups -OCH3 is 1. The Balaban J connectivity index is 1.55. The van der Waals surface area contributed by atoms with Crippen LogP contribution in [0.15, 0.2) is 47.2 Å². The number of nitrogens with one attached hydrogen (secondary N) is 1. The molecule has 9 nitrogen and oxygen atoms in total. The highest BCUT2D eigenvalue weighted by Crippen LogP contribution is 2.25. The molecule has 0 bridgehead atoms. The van der Waals surface area contributed by atoms with Crippen molar-refractivity contribution in [1.29, 1.82) is 0 Å². The number of nitrogens with zero attached hydrogens (tertiary/aromatic N) is 4. The molecule has 1 aromatic carbocycles. The molecule has 0 aliphatic rings. The number of aromatic nitrogens is 4. The number of carbonyl (C=O) groups excluding carboxylic acids is 1. The lowest BCUT2D eigenvalue weighted by Crippen LogP contribution is -2.19. The van der Waals surface area contributed by atoms with Gasteiger partial charge in [-0.3, -0.25) is 9.20 Å². The third kappa shape index (κ3) is 4.62. The van der Waals surface area contributed by atoms with Gasteiger partial charge in [0, 0.05) is 29.9 Å². The average molecular weight is 435 g/mol. The van der Waals surface area contributed by atoms with Crippen molar-refractivity contribution in [2.75, 3.05) is 12.4 Å². The maximum atomic E-state index is 13.0. The van der Waals surface area contributed by atoms with Gasteiger partial charge in [0.25, 0.3) is 5.91 Å². The van der Waals surface area contributed by atoms with Crippen molar-refractivity contribution in [3.05, 3.63) is 59.9 Å². The van der Waals surface area contributed by atoms with Crippen LogP contribution in [0.2, 0.25) is 0 Å². The van der Waals surface area contributed by atoms with Crippen molar-refractivity contribution in [2.24, 2.45) is 0 Å². The van der Waals surface area contributed by atoms with E-state index in [0.717, 1.165) is 5.56 Å². The molecule has 0 unspecified atom stereocenters. The third-order valence-electron chi connectivity index (χ3n) is 5.12. The number of carbonyl (C=O) groups is 1. The summed E-state index contributed by atoms with van der Waals surface area (Å²) in [4.78, 5) is 21.7. The minimum Gasteiger partial charge on any atom is -0.497 e. The Morgan fingerprint density at radius 2 is 2.09 bits per heavy atom. The lowest BCUT2D eigenvalue weighted by Gasteiger charge is -2.14. The van der Waals surface area contributed by atoms with Crippen LogP contribution in [-0.4, -0.2) is 43.2 Å². The lowest BCUT2D eigenvalue weighted by atomic mass is 10.0. The molecule has 3 aromatic heterocycles. The first-order chi connectivity index (χ1) is 15.2. The number of aliphatic hydroxyl groups is 1. The predicted octanol–water partition coefficient (Wildman–Crippen LogP) is 3.66. The van der Waals surface area contributed by atoms with Gasteiger partial charge in [0.05, 0.1) is 18.9 Å². The molecule has 0 saturated heterocycles. The minimum atomic E-state index is -0.807. The second kappa shape index (κ2) is 8.43. The molecule has 0 aliphatic heterocycles. The number of imidazole rings is 1. The van der Waals surface area contributed by atoms with E-state index in [2.05, 4.69) is 20.4 Å². The average Bonchev–Trinajstić information content (AvgIpc) is 3.40. The molecule has 166 valence electrons. The largest absolute Gasteiger partial charge is 0.497 e. The summed E-state index contributed by atoms with van der Waals surface area (Å²) in [6, 6.07) is 9.09. The first-order valence-corrected chi connectivity index (χ1v) is 10.2. The minimum absolute atomic E-state index is 0.290. The molecule has 2 N–H and O–H groups in total. The van der Waals surface area contributed by atoms with E-state index in [1.165, 1.54) is 6.20 Å². The van der Waals surface area contributed by atoms with Crippen molar-refractivity contribution >= 4 is 17.2 Å². The Hall–Kier alpha value is -3.72. The second-order valence-corrected chi connectivity index (χ2v) is 8.25. The quantitative estimate of drug-likeness (QED) is 0.455. The Kier molecular flexibility index (Phi) is 5.67. The van der Waals surface area contributed by atoms with E-state index in [1.54, 1.807) is 43.7 Å². The standard InChI is InChI=1S/C23H25N5O4/c1-14-5-6-15(21-26-20(32-27-21)7-9-23(2,3)30)11-17(14)25-22(29)18-13-24-19-12-16(31-4)8-10-28(18)19/h5-6,8,10-13,30H,7,9H2,1-4H3,(H,25,29). The molecule has 0 fully saturated rings. The van der Waals surface area contributed by atoms with Crippen LogP contribution in [0.1, 0.15) is 42.2 Å². The van der Waals surface area contributed by atoms with Crippen molar-refractivity contribution in [2.45, 2.75) is 39.2 Å². The molecule has 4 aromatic rings. The maximum absolute atomic E-state index is 13.0. The van der Waals surface area contributed by atoms with Crippen molar-refractivity contribution in [3.63, 3.8) is 0 Å². The van der Waals surface area contributed by atoms with Gasteiger partial charge >= 0.3 is 0 Å². The first kappa shape index (κ1) is 21.5. The van der Waals surface area contributed by atoms with Crippen LogP contribution >= 0.6 is 0 Å². The molecule has 3 heterocycles. The Morgan fingerprint density at radius 1 is 1.28 bits per heavy atom. The van der Waals surface area contributed by atoms with E-state index in [9.17, 15) is 9.90 Å². The van der Waals surface area contributed by atoms with Crippen LogP contribution in [0, 0.1) is 6.92 Å². The highest BCUT2D eigenvalue weighted by Gasteiger charge is 2.18. The molecule has 32 heavy (non-hydrogen) atoms. The van der Waals surface area contributed by atoms with Gasteiger partial charge in [-0.05, 0) is 44.9 Å². The molecule has 9 heteroatoms. The number of hydrogen-bond donors (Lipinski definition) is 2. The van der Waals surface area contributed by atoms with Crippen molar-refractivity contribution in [3.8, 4) is 17.1 Å². The van der Waals surface area contributed by atoms with Gasteiger partial charge in [0.15, 0.2) is 0 Å². The summed E-state index contributed by atoms with van der Waals surface area (Å²) < 4.78 is 12.2. The van der Waals surface area contributed by atoms with E-state index in [-0.39, 0.29) is 5.91 Å². The number of amides is 1. The van der Waals surface area contributed by atoms with E-state index in [1.807, 2.05) is 25.1 Å². The van der Waals surface area contributed by atoms with Gasteiger partial charge in [-0.15, -0.1) is 0 Å². The monoisotopic (exact) mass is 435 g/mol. The molecular formula is C23H25N5O4. The van der Waals surface area contributed by atoms with Gasteiger partial charge in [0.2, 0.25) is 11.7 Å². The van der Waals surface area contributed by atoms with Gasteiger partial charge in [-0.25, -0.2) is 4.98 Å². The summed E-state index contributed by atoms with van der Waals surface area (Å²) >= 11 is 0. The lowest BCUT2D eigenvalue weighted by molar-refractivity contribution is 0.0689. The highest BCUT2D eigenvalue weighted by atomic mass is 16.5. The van der Waals surface area contributed by atoms with E-state index >= 15 is 0 Å². The van der Waals surface area contributed by atoms with Crippen LogP contribution in [-0.2, 0) is 6.42 Å². The molecule has 4 rings (SSSR count). The molecule has 0 spiro atoms. The van der Waals surface area contributed by atoms with Gasteiger partial charge < -0.3 is 19.7 Å². The highest BCUT2D eigenvalue weighted by molar-refractivity contribution is 6.04. The topological polar surface area (TPSA) is 115 Å². The van der Waals surface area contributed by atoms with Crippen molar-refractivity contribution in [1.82, 2.24) is 19.5 Å². The van der Waals surface area contributed by atoms with E-state index in [0.29, 0.717) is 52.9 Å². The first-order valence-electron chi connectivity index (χ1n) is 10.2. The number of benzene rings is 1. The Morgan fingerprint density at radius 3 is 2.84 bits per heavy atom. The van der Waals surface area contributed by atoms with Gasteiger partial charge in [-0.1, -0.05) is 17.3 Å². The van der Waals surface area contributed by atoms with Crippen LogP contribution < -0.4 is 10.1 Å². The summed E-state index contributed by atoms with van der Waals surface area (Å²) in [5, 5.41) is 16.9. The van der Waals surface area contributed by atoms with Gasteiger partial charge in [0.1, 0.15) is 17.1 Å². The SMILES string of the molecule is COc1ccn2c(C(=O)Nc3cc(-c4noc(CCC(C)(C)O)n4)ccc3C)cnc2c1. The molecule has 0 radical (unpaired) electrons. The summed E-state index contributed by atoms with van der Waals surface area (Å²) in [7, 11) is 1.58. The number of ether oxygens (including phenoxy) is 1. The summed E-state index contributed by atoms with van der Waals surface area (Å²) in [5.74, 6) is 1.25. The molecular weight excluding hydrogens is 410 g/mol. The summed E-state index contributed by atoms with van der Waals surface area (Å²) in [6.45, 7) is 5.38. The zero-order chi connectivity index (χ0) is 22.9. The number of rotatable bonds is 7. The Labute approximate surface area is 185 Å². The number of fused-ring (bicyclic) bond motifs is 1. The zero-order valence-electron chi connectivity index (χ0n) is 18.4. The van der Waals surface area contributed by atoms with Crippen molar-refractivity contribution < 1.29 is 19.2 Å². The molecule has 0 saturated carbocycles. The molecule has 0 aliphatic carbocycles. The molecule has 0 atom stereocenters. The van der Waals surface area contributed by atoms with E-state index < -0.39 is 5.60 Å². The fourth-order valence-electron chi connectivity index (χ4n) is 3.23. The number of aryl methyl sites for hydroxylation is 2. The van der Waals surface area contributed by atoms with Crippen LogP contribution in [0.5, 0.6) is 5.75 Å². The third-order valence-corrected chi connectivity index (χ3v) is 5.12. The van der Waals surface area contributed by atoms with Crippen LogP contribution in [0.3, 0.4) is 0 Å². The molecule has 1 amide bonds. The number of hydrogen-bond acceptors (Lipinski definition) is 7. The van der Waals surface area contributed by atoms with E-state index in [4.69, 9.17) is 9.26 Å². The van der Waals surface area contributed by atoms with Crippen LogP contribution in [0.25, 0.3) is 17.0 Å². The smallest absolute Gasteiger partial charge is 0.274 e. The fourth-order valence-corrected chi connectivity index (χ4v) is 3.23. The fraction of sp³-hybridized carbons (Fsp3) is 0.304. The summed E-state index contributed by atoms with van der Waals surface area (Å²) in [5.41, 5.74) is 2.46. The Bertz CT molecular complexity index is 1270.